The van der Waals surface area contributed by atoms with Crippen molar-refractivity contribution in [3.63, 3.8) is 0 Å². The summed E-state index contributed by atoms with van der Waals surface area (Å²) < 4.78 is 4.89. The zero-order chi connectivity index (χ0) is 33.0. The Kier molecular flexibility index (Phi) is 6.53. The first-order valence-electron chi connectivity index (χ1n) is 17.2. The highest BCUT2D eigenvalue weighted by atomic mass is 15.0. The van der Waals surface area contributed by atoms with E-state index < -0.39 is 0 Å². The van der Waals surface area contributed by atoms with Crippen LogP contribution in [0.4, 0.5) is 0 Å². The van der Waals surface area contributed by atoms with Crippen molar-refractivity contribution in [1.82, 2.24) is 9.13 Å². The summed E-state index contributed by atoms with van der Waals surface area (Å²) in [6.07, 6.45) is 0. The fraction of sp³-hybridized carbons (Fsp3) is 0. The third-order valence-corrected chi connectivity index (χ3v) is 10.1. The topological polar surface area (TPSA) is 9.86 Å². The average Bonchev–Trinajstić information content (AvgIpc) is 3.71. The van der Waals surface area contributed by atoms with Crippen LogP contribution in [0.2, 0.25) is 0 Å². The van der Waals surface area contributed by atoms with Crippen LogP contribution in [0, 0.1) is 0 Å². The van der Waals surface area contributed by atoms with E-state index in [0.29, 0.717) is 0 Å². The minimum absolute atomic E-state index is 1.15. The van der Waals surface area contributed by atoms with Gasteiger partial charge in [0.1, 0.15) is 0 Å². The van der Waals surface area contributed by atoms with Gasteiger partial charge in [0.05, 0.1) is 27.8 Å². The van der Waals surface area contributed by atoms with Gasteiger partial charge in [-0.15, -0.1) is 0 Å². The Morgan fingerprint density at radius 3 is 1.64 bits per heavy atom. The van der Waals surface area contributed by atoms with E-state index in [1.165, 1.54) is 82.7 Å². The average molecular weight is 637 g/mol. The Bertz CT molecular complexity index is 2860. The molecule has 0 spiro atoms. The Morgan fingerprint density at radius 2 is 0.840 bits per heavy atom. The fourth-order valence-electron chi connectivity index (χ4n) is 7.91. The molecule has 0 bridgehead atoms. The molecule has 0 saturated heterocycles. The summed E-state index contributed by atoms with van der Waals surface area (Å²) >= 11 is 0. The molecule has 0 amide bonds. The van der Waals surface area contributed by atoms with Gasteiger partial charge in [0.15, 0.2) is 0 Å². The minimum Gasteiger partial charge on any atom is -0.309 e. The minimum atomic E-state index is 1.15. The van der Waals surface area contributed by atoms with E-state index in [-0.39, 0.29) is 0 Å². The summed E-state index contributed by atoms with van der Waals surface area (Å²) in [6.45, 7) is 0. The van der Waals surface area contributed by atoms with Crippen LogP contribution < -0.4 is 0 Å². The van der Waals surface area contributed by atoms with Gasteiger partial charge < -0.3 is 9.13 Å². The summed E-state index contributed by atoms with van der Waals surface area (Å²) in [5.74, 6) is 0. The Labute approximate surface area is 290 Å². The lowest BCUT2D eigenvalue weighted by Gasteiger charge is -2.15. The van der Waals surface area contributed by atoms with Crippen LogP contribution in [-0.4, -0.2) is 9.13 Å². The number of nitrogens with zero attached hydrogens (tertiary/aromatic N) is 2. The molecule has 0 radical (unpaired) electrons. The smallest absolute Gasteiger partial charge is 0.0619 e. The molecule has 0 unspecified atom stereocenters. The van der Waals surface area contributed by atoms with Gasteiger partial charge in [-0.1, -0.05) is 152 Å². The summed E-state index contributed by atoms with van der Waals surface area (Å²) in [5, 5.41) is 4.99. The molecule has 0 aliphatic carbocycles. The van der Waals surface area contributed by atoms with Crippen molar-refractivity contribution < 1.29 is 0 Å². The SMILES string of the molecule is c1ccc(-c2cccc(-n3c4ccccc4c4cccc(-c5ccc6c(c5)c5ccccc5n6-c5ccccc5-c5ccccc5)c43)c2)cc1. The quantitative estimate of drug-likeness (QED) is 0.178. The van der Waals surface area contributed by atoms with Crippen LogP contribution in [0.15, 0.2) is 194 Å². The monoisotopic (exact) mass is 636 g/mol. The standard InChI is InChI=1S/C48H32N2/c1-3-15-33(16-4-1)35-19-13-20-37(31-35)49-45-27-11-8-22-40(45)42-25-14-24-39(48(42)49)36-29-30-47-43(32-36)41-23-9-12-28-46(41)50(47)44-26-10-7-21-38(44)34-17-5-2-6-18-34/h1-32H. The maximum atomic E-state index is 2.45. The molecule has 50 heavy (non-hydrogen) atoms. The maximum absolute atomic E-state index is 2.45. The van der Waals surface area contributed by atoms with Crippen molar-refractivity contribution in [2.75, 3.05) is 0 Å². The molecule has 0 N–H and O–H groups in total. The van der Waals surface area contributed by atoms with Crippen LogP contribution >= 0.6 is 0 Å². The van der Waals surface area contributed by atoms with Crippen LogP contribution in [0.5, 0.6) is 0 Å². The first-order valence-corrected chi connectivity index (χ1v) is 17.2. The molecule has 2 nitrogen and oxygen atoms in total. The highest BCUT2D eigenvalue weighted by Crippen LogP contribution is 2.42. The van der Waals surface area contributed by atoms with Crippen LogP contribution in [0.3, 0.4) is 0 Å². The summed E-state index contributed by atoms with van der Waals surface area (Å²) in [5.41, 5.74) is 14.4. The van der Waals surface area contributed by atoms with Gasteiger partial charge in [0.2, 0.25) is 0 Å². The molecule has 2 aromatic heterocycles. The largest absolute Gasteiger partial charge is 0.309 e. The number of rotatable bonds is 5. The number of aromatic nitrogens is 2. The van der Waals surface area contributed by atoms with Crippen molar-refractivity contribution >= 4 is 43.6 Å². The zero-order valence-corrected chi connectivity index (χ0v) is 27.4. The third kappa shape index (κ3) is 4.43. The summed E-state index contributed by atoms with van der Waals surface area (Å²) in [4.78, 5) is 0. The lowest BCUT2D eigenvalue weighted by Crippen LogP contribution is -1.97. The number of fused-ring (bicyclic) bond motifs is 6. The number of hydrogen-bond acceptors (Lipinski definition) is 0. The van der Waals surface area contributed by atoms with Gasteiger partial charge in [-0.3, -0.25) is 0 Å². The van der Waals surface area contributed by atoms with E-state index in [4.69, 9.17) is 0 Å². The summed E-state index contributed by atoms with van der Waals surface area (Å²) in [7, 11) is 0. The molecule has 2 heteroatoms. The highest BCUT2D eigenvalue weighted by molar-refractivity contribution is 6.16. The van der Waals surface area contributed by atoms with Crippen molar-refractivity contribution in [3.8, 4) is 44.8 Å². The molecule has 0 atom stereocenters. The molecular weight excluding hydrogens is 605 g/mol. The second-order valence-corrected chi connectivity index (χ2v) is 12.9. The lowest BCUT2D eigenvalue weighted by atomic mass is 9.99. The zero-order valence-electron chi connectivity index (χ0n) is 27.4. The Morgan fingerprint density at radius 1 is 0.280 bits per heavy atom. The molecule has 10 rings (SSSR count). The van der Waals surface area contributed by atoms with Crippen LogP contribution in [-0.2, 0) is 0 Å². The van der Waals surface area contributed by atoms with Crippen molar-refractivity contribution in [3.05, 3.63) is 194 Å². The first kappa shape index (κ1) is 28.4. The molecule has 0 aliphatic heterocycles. The van der Waals surface area contributed by atoms with E-state index in [9.17, 15) is 0 Å². The van der Waals surface area contributed by atoms with Crippen molar-refractivity contribution in [2.45, 2.75) is 0 Å². The predicted molar refractivity (Wildman–Crippen MR) is 211 cm³/mol. The normalized spacial score (nSPS) is 11.6. The second kappa shape index (κ2) is 11.5. The lowest BCUT2D eigenvalue weighted by molar-refractivity contribution is 1.18. The van der Waals surface area contributed by atoms with Crippen LogP contribution in [0.1, 0.15) is 0 Å². The molecule has 0 fully saturated rings. The number of para-hydroxylation sites is 4. The van der Waals surface area contributed by atoms with Gasteiger partial charge in [0, 0.05) is 38.4 Å². The molecule has 8 aromatic carbocycles. The van der Waals surface area contributed by atoms with Crippen LogP contribution in [0.25, 0.3) is 88.4 Å². The van der Waals surface area contributed by atoms with Gasteiger partial charge in [-0.25, -0.2) is 0 Å². The van der Waals surface area contributed by atoms with Gasteiger partial charge in [0.25, 0.3) is 0 Å². The third-order valence-electron chi connectivity index (χ3n) is 10.1. The van der Waals surface area contributed by atoms with E-state index >= 15 is 0 Å². The maximum Gasteiger partial charge on any atom is 0.0619 e. The Hall–Kier alpha value is -6.64. The molecule has 234 valence electrons. The molecular formula is C48H32N2. The van der Waals surface area contributed by atoms with Gasteiger partial charge in [-0.2, -0.15) is 0 Å². The molecule has 0 saturated carbocycles. The highest BCUT2D eigenvalue weighted by Gasteiger charge is 2.19. The van der Waals surface area contributed by atoms with Gasteiger partial charge >= 0.3 is 0 Å². The van der Waals surface area contributed by atoms with E-state index in [1.54, 1.807) is 0 Å². The van der Waals surface area contributed by atoms with E-state index in [0.717, 1.165) is 5.69 Å². The number of benzene rings is 8. The van der Waals surface area contributed by atoms with Gasteiger partial charge in [-0.05, 0) is 64.7 Å². The second-order valence-electron chi connectivity index (χ2n) is 12.9. The van der Waals surface area contributed by atoms with Crippen molar-refractivity contribution in [2.24, 2.45) is 0 Å². The molecule has 2 heterocycles. The predicted octanol–water partition coefficient (Wildman–Crippen LogP) is 12.9. The van der Waals surface area contributed by atoms with Crippen molar-refractivity contribution in [1.29, 1.82) is 0 Å². The molecule has 0 aliphatic rings. The van der Waals surface area contributed by atoms with E-state index in [1.807, 2.05) is 0 Å². The summed E-state index contributed by atoms with van der Waals surface area (Å²) in [6, 6.07) is 70.4. The first-order chi connectivity index (χ1) is 24.8. The van der Waals surface area contributed by atoms with E-state index in [2.05, 4.69) is 203 Å². The number of hydrogen-bond donors (Lipinski definition) is 0. The Balaban J connectivity index is 1.23. The molecule has 10 aromatic rings. The fourth-order valence-corrected chi connectivity index (χ4v) is 7.91.